The lowest BCUT2D eigenvalue weighted by atomic mass is 9.96. The summed E-state index contributed by atoms with van der Waals surface area (Å²) in [5, 5.41) is 10.5. The highest BCUT2D eigenvalue weighted by Gasteiger charge is 2.41. The fourth-order valence-electron chi connectivity index (χ4n) is 4.71. The Hall–Kier alpha value is -3.97. The van der Waals surface area contributed by atoms with Crippen LogP contribution < -0.4 is 16.8 Å². The Morgan fingerprint density at radius 1 is 0.944 bits per heavy atom. The SMILES string of the molecule is N=C(N)c1ccc(CNC(=O)[C@@H]2CC(c3ccccc3)CN2C(=O)[C@H](N)CCc2ccccc2)cc1. The van der Waals surface area contributed by atoms with Crippen molar-refractivity contribution in [1.82, 2.24) is 10.2 Å². The van der Waals surface area contributed by atoms with Gasteiger partial charge in [-0.2, -0.15) is 0 Å². The second-order valence-corrected chi connectivity index (χ2v) is 9.31. The molecule has 2 amide bonds. The van der Waals surface area contributed by atoms with Crippen molar-refractivity contribution >= 4 is 17.6 Å². The average molecular weight is 484 g/mol. The predicted octanol–water partition coefficient (Wildman–Crippen LogP) is 2.93. The number of hydrogen-bond acceptors (Lipinski definition) is 4. The molecular weight excluding hydrogens is 450 g/mol. The molecule has 1 fully saturated rings. The van der Waals surface area contributed by atoms with Crippen molar-refractivity contribution in [3.05, 3.63) is 107 Å². The summed E-state index contributed by atoms with van der Waals surface area (Å²) >= 11 is 0. The number of nitrogens with one attached hydrogen (secondary N) is 2. The maximum Gasteiger partial charge on any atom is 0.243 e. The number of carbonyl (C=O) groups is 2. The lowest BCUT2D eigenvalue weighted by Crippen LogP contribution is -2.51. The van der Waals surface area contributed by atoms with E-state index in [2.05, 4.69) is 5.32 Å². The van der Waals surface area contributed by atoms with Crippen LogP contribution in [0.1, 0.15) is 41.0 Å². The van der Waals surface area contributed by atoms with Crippen molar-refractivity contribution < 1.29 is 9.59 Å². The van der Waals surface area contributed by atoms with E-state index in [-0.39, 0.29) is 23.6 Å². The van der Waals surface area contributed by atoms with Crippen LogP contribution in [0, 0.1) is 5.41 Å². The predicted molar refractivity (Wildman–Crippen MR) is 141 cm³/mol. The summed E-state index contributed by atoms with van der Waals surface area (Å²) in [5.74, 6) is -0.300. The molecule has 1 saturated heterocycles. The molecule has 36 heavy (non-hydrogen) atoms. The molecule has 0 aromatic heterocycles. The van der Waals surface area contributed by atoms with Crippen LogP contribution in [-0.4, -0.2) is 41.2 Å². The molecule has 186 valence electrons. The Kier molecular flexibility index (Phi) is 8.13. The van der Waals surface area contributed by atoms with E-state index in [4.69, 9.17) is 16.9 Å². The largest absolute Gasteiger partial charge is 0.384 e. The van der Waals surface area contributed by atoms with E-state index < -0.39 is 12.1 Å². The van der Waals surface area contributed by atoms with Crippen molar-refractivity contribution in [1.29, 1.82) is 5.41 Å². The number of amidine groups is 1. The van der Waals surface area contributed by atoms with E-state index in [9.17, 15) is 9.59 Å². The van der Waals surface area contributed by atoms with Crippen molar-refractivity contribution in [2.24, 2.45) is 11.5 Å². The second kappa shape index (κ2) is 11.6. The molecular formula is C29H33N5O2. The third kappa shape index (κ3) is 6.17. The number of amides is 2. The summed E-state index contributed by atoms with van der Waals surface area (Å²) in [6, 6.07) is 25.9. The molecule has 3 aromatic rings. The molecule has 1 aliphatic heterocycles. The summed E-state index contributed by atoms with van der Waals surface area (Å²) in [4.78, 5) is 28.4. The zero-order chi connectivity index (χ0) is 25.5. The standard InChI is InChI=1S/C29H33N5O2/c30-25(16-13-20-7-3-1-4-8-20)29(36)34-19-24(22-9-5-2-6-10-22)17-26(34)28(35)33-18-21-11-14-23(15-12-21)27(31)32/h1-12,14-15,24-26H,13,16-19,30H2,(H3,31,32)(H,33,35)/t24?,25-,26+/m1/s1. The molecule has 6 N–H and O–H groups in total. The number of rotatable bonds is 9. The molecule has 1 heterocycles. The van der Waals surface area contributed by atoms with E-state index in [0.29, 0.717) is 37.9 Å². The first kappa shape index (κ1) is 25.1. The van der Waals surface area contributed by atoms with Gasteiger partial charge in [0.2, 0.25) is 11.8 Å². The van der Waals surface area contributed by atoms with Crippen molar-refractivity contribution in [2.75, 3.05) is 6.54 Å². The third-order valence-corrected chi connectivity index (χ3v) is 6.79. The number of hydrogen-bond donors (Lipinski definition) is 4. The quantitative estimate of drug-likeness (QED) is 0.276. The molecule has 1 aliphatic rings. The minimum Gasteiger partial charge on any atom is -0.384 e. The van der Waals surface area contributed by atoms with E-state index in [1.54, 1.807) is 17.0 Å². The minimum atomic E-state index is -0.672. The summed E-state index contributed by atoms with van der Waals surface area (Å²) in [5.41, 5.74) is 15.6. The van der Waals surface area contributed by atoms with E-state index >= 15 is 0 Å². The normalized spacial score (nSPS) is 18.0. The molecule has 0 radical (unpaired) electrons. The first-order valence-electron chi connectivity index (χ1n) is 12.3. The van der Waals surface area contributed by atoms with E-state index in [1.165, 1.54) is 0 Å². The smallest absolute Gasteiger partial charge is 0.243 e. The topological polar surface area (TPSA) is 125 Å². The number of nitrogens with two attached hydrogens (primary N) is 2. The molecule has 3 aromatic carbocycles. The maximum absolute atomic E-state index is 13.4. The van der Waals surface area contributed by atoms with Crippen LogP contribution >= 0.6 is 0 Å². The Balaban J connectivity index is 1.44. The monoisotopic (exact) mass is 483 g/mol. The highest BCUT2D eigenvalue weighted by Crippen LogP contribution is 2.32. The Labute approximate surface area is 212 Å². The van der Waals surface area contributed by atoms with Gasteiger partial charge in [-0.05, 0) is 36.0 Å². The molecule has 0 bridgehead atoms. The molecule has 7 heteroatoms. The van der Waals surface area contributed by atoms with Crippen molar-refractivity contribution in [3.8, 4) is 0 Å². The molecule has 7 nitrogen and oxygen atoms in total. The van der Waals surface area contributed by atoms with Crippen LogP contribution in [0.4, 0.5) is 0 Å². The number of benzene rings is 3. The number of aryl methyl sites for hydroxylation is 1. The van der Waals surface area contributed by atoms with Gasteiger partial charge in [-0.25, -0.2) is 0 Å². The van der Waals surface area contributed by atoms with Crippen LogP contribution in [0.2, 0.25) is 0 Å². The lowest BCUT2D eigenvalue weighted by Gasteiger charge is -2.27. The van der Waals surface area contributed by atoms with Gasteiger partial charge in [0.25, 0.3) is 0 Å². The summed E-state index contributed by atoms with van der Waals surface area (Å²) in [6.45, 7) is 0.791. The average Bonchev–Trinajstić information content (AvgIpc) is 3.37. The van der Waals surface area contributed by atoms with Gasteiger partial charge in [-0.15, -0.1) is 0 Å². The fraction of sp³-hybridized carbons (Fsp3) is 0.276. The molecule has 4 rings (SSSR count). The highest BCUT2D eigenvalue weighted by molar-refractivity contribution is 5.95. The van der Waals surface area contributed by atoms with Gasteiger partial charge in [0, 0.05) is 24.6 Å². The van der Waals surface area contributed by atoms with Crippen molar-refractivity contribution in [3.63, 3.8) is 0 Å². The van der Waals surface area contributed by atoms with Gasteiger partial charge >= 0.3 is 0 Å². The molecule has 1 unspecified atom stereocenters. The third-order valence-electron chi connectivity index (χ3n) is 6.79. The Morgan fingerprint density at radius 3 is 2.22 bits per heavy atom. The van der Waals surface area contributed by atoms with E-state index in [0.717, 1.165) is 16.7 Å². The molecule has 0 saturated carbocycles. The van der Waals surface area contributed by atoms with Crippen LogP contribution in [0.15, 0.2) is 84.9 Å². The Bertz CT molecular complexity index is 1180. The molecule has 0 spiro atoms. The zero-order valence-electron chi connectivity index (χ0n) is 20.3. The first-order chi connectivity index (χ1) is 17.4. The number of carbonyl (C=O) groups excluding carboxylic acids is 2. The number of nitrogens with zero attached hydrogens (tertiary/aromatic N) is 1. The second-order valence-electron chi connectivity index (χ2n) is 9.31. The van der Waals surface area contributed by atoms with Gasteiger partial charge in [-0.3, -0.25) is 15.0 Å². The van der Waals surface area contributed by atoms with Gasteiger partial charge in [0.05, 0.1) is 6.04 Å². The lowest BCUT2D eigenvalue weighted by molar-refractivity contribution is -0.139. The van der Waals surface area contributed by atoms with Crippen LogP contribution in [0.3, 0.4) is 0 Å². The summed E-state index contributed by atoms with van der Waals surface area (Å²) in [7, 11) is 0. The fourth-order valence-corrected chi connectivity index (χ4v) is 4.71. The maximum atomic E-state index is 13.4. The van der Waals surface area contributed by atoms with Crippen LogP contribution in [0.5, 0.6) is 0 Å². The van der Waals surface area contributed by atoms with E-state index in [1.807, 2.05) is 72.8 Å². The number of likely N-dealkylation sites (tertiary alicyclic amines) is 1. The Morgan fingerprint density at radius 2 is 1.58 bits per heavy atom. The molecule has 3 atom stereocenters. The number of nitrogen functional groups attached to an aromatic ring is 1. The van der Waals surface area contributed by atoms with Crippen molar-refractivity contribution in [2.45, 2.75) is 43.8 Å². The van der Waals surface area contributed by atoms with Gasteiger partial charge < -0.3 is 21.7 Å². The minimum absolute atomic E-state index is 0.00116. The first-order valence-corrected chi connectivity index (χ1v) is 12.3. The van der Waals surface area contributed by atoms with Crippen LogP contribution in [-0.2, 0) is 22.6 Å². The van der Waals surface area contributed by atoms with Gasteiger partial charge in [0.1, 0.15) is 11.9 Å². The highest BCUT2D eigenvalue weighted by atomic mass is 16.2. The molecule has 0 aliphatic carbocycles. The zero-order valence-corrected chi connectivity index (χ0v) is 20.3. The van der Waals surface area contributed by atoms with Crippen LogP contribution in [0.25, 0.3) is 0 Å². The summed E-state index contributed by atoms with van der Waals surface area (Å²) in [6.07, 6.45) is 1.78. The van der Waals surface area contributed by atoms with Gasteiger partial charge in [-0.1, -0.05) is 84.9 Å². The van der Waals surface area contributed by atoms with Gasteiger partial charge in [0.15, 0.2) is 0 Å². The summed E-state index contributed by atoms with van der Waals surface area (Å²) < 4.78 is 0.